The Bertz CT molecular complexity index is 1330. The number of H-pyrrole nitrogens is 1. The minimum atomic E-state index is -4.60. The number of carbonyl (C=O) groups excluding carboxylic acids is 1. The number of aromatic nitrogens is 4. The number of alkyl halides is 3. The summed E-state index contributed by atoms with van der Waals surface area (Å²) in [5.41, 5.74) is 1.71. The topological polar surface area (TPSA) is 101 Å². The first-order valence-electron chi connectivity index (χ1n) is 12.6. The first kappa shape index (κ1) is 24.6. The molecule has 0 radical (unpaired) electrons. The molecular weight excluding hydrogens is 503 g/mol. The van der Waals surface area contributed by atoms with Crippen LogP contribution >= 0.6 is 0 Å². The van der Waals surface area contributed by atoms with Crippen LogP contribution in [0.25, 0.3) is 11.1 Å². The number of hydrogen-bond donors (Lipinski definition) is 2. The lowest BCUT2D eigenvalue weighted by molar-refractivity contribution is -0.137. The Labute approximate surface area is 216 Å². The molecule has 3 aliphatic heterocycles. The molecular formula is C25H28F3N7O3. The van der Waals surface area contributed by atoms with E-state index in [9.17, 15) is 18.0 Å². The van der Waals surface area contributed by atoms with Gasteiger partial charge in [-0.2, -0.15) is 23.4 Å². The molecule has 0 aliphatic carbocycles. The first-order valence-corrected chi connectivity index (χ1v) is 12.6. The Hall–Kier alpha value is -3.74. The second-order valence-electron chi connectivity index (χ2n) is 9.61. The third-order valence-corrected chi connectivity index (χ3v) is 7.44. The maximum atomic E-state index is 14.3. The Morgan fingerprint density at radius 1 is 1.18 bits per heavy atom. The molecule has 1 saturated heterocycles. The molecule has 10 nitrogen and oxygen atoms in total. The van der Waals surface area contributed by atoms with Crippen LogP contribution in [0, 0.1) is 0 Å². The number of benzene rings is 1. The lowest BCUT2D eigenvalue weighted by Crippen LogP contribution is -2.42. The summed E-state index contributed by atoms with van der Waals surface area (Å²) in [6.45, 7) is 2.72. The summed E-state index contributed by atoms with van der Waals surface area (Å²) in [7, 11) is 1.58. The van der Waals surface area contributed by atoms with Crippen molar-refractivity contribution in [2.75, 3.05) is 44.9 Å². The van der Waals surface area contributed by atoms with Crippen molar-refractivity contribution in [3.63, 3.8) is 0 Å². The van der Waals surface area contributed by atoms with Crippen LogP contribution < -0.4 is 15.0 Å². The smallest absolute Gasteiger partial charge is 0.417 e. The maximum absolute atomic E-state index is 14.3. The summed E-state index contributed by atoms with van der Waals surface area (Å²) in [6.07, 6.45) is 0.407. The van der Waals surface area contributed by atoms with E-state index in [1.807, 2.05) is 4.68 Å². The van der Waals surface area contributed by atoms with Crippen molar-refractivity contribution < 1.29 is 27.4 Å². The van der Waals surface area contributed by atoms with Gasteiger partial charge in [-0.05, 0) is 25.0 Å². The minimum Gasteiger partial charge on any atom is -0.490 e. The maximum Gasteiger partial charge on any atom is 0.417 e. The Balaban J connectivity index is 1.48. The molecule has 2 N–H and O–H groups in total. The molecule has 0 atom stereocenters. The van der Waals surface area contributed by atoms with E-state index in [2.05, 4.69) is 15.5 Å². The number of urea groups is 1. The number of fused-ring (bicyclic) bond motifs is 2. The van der Waals surface area contributed by atoms with Crippen molar-refractivity contribution >= 4 is 17.5 Å². The lowest BCUT2D eigenvalue weighted by Gasteiger charge is -2.33. The van der Waals surface area contributed by atoms with Crippen molar-refractivity contribution in [3.8, 4) is 16.9 Å². The minimum absolute atomic E-state index is 0.00703. The van der Waals surface area contributed by atoms with E-state index < -0.39 is 11.7 Å². The summed E-state index contributed by atoms with van der Waals surface area (Å²) in [4.78, 5) is 16.0. The molecule has 2 amide bonds. The second kappa shape index (κ2) is 9.53. The summed E-state index contributed by atoms with van der Waals surface area (Å²) >= 11 is 0. The third kappa shape index (κ3) is 4.24. The molecule has 202 valence electrons. The number of hydrogen-bond acceptors (Lipinski definition) is 6. The highest BCUT2D eigenvalue weighted by Crippen LogP contribution is 2.47. The summed E-state index contributed by atoms with van der Waals surface area (Å²) < 4.78 is 56.2. The normalized spacial score (nSPS) is 18.1. The third-order valence-electron chi connectivity index (χ3n) is 7.44. The number of nitrogens with one attached hydrogen (secondary N) is 2. The Kier molecular flexibility index (Phi) is 6.17. The highest BCUT2D eigenvalue weighted by Gasteiger charge is 2.39. The summed E-state index contributed by atoms with van der Waals surface area (Å²) in [6, 6.07) is 2.49. The molecule has 3 aromatic rings. The number of rotatable bonds is 3. The standard InChI is InChI=1S/C25H28F3N7O3/c1-29-24(36)33-5-2-20-18(14-33)23(32-35(20)16-3-7-37-8-4-16)34-6-9-38-22-10-17(15-12-30-31-13-15)19(11-21(22)34)25(26,27)28/h10-13,16H,2-9,14H2,1H3,(H,29,36)(H,30,31). The molecule has 5 heterocycles. The summed E-state index contributed by atoms with van der Waals surface area (Å²) in [5.74, 6) is 0.905. The molecule has 13 heteroatoms. The number of ether oxygens (including phenoxy) is 2. The number of carbonyl (C=O) groups is 1. The van der Waals surface area contributed by atoms with Gasteiger partial charge in [0.15, 0.2) is 5.82 Å². The molecule has 0 unspecified atom stereocenters. The van der Waals surface area contributed by atoms with E-state index in [0.717, 1.165) is 30.2 Å². The molecule has 1 fully saturated rings. The Morgan fingerprint density at radius 3 is 2.71 bits per heavy atom. The van der Waals surface area contributed by atoms with E-state index in [-0.39, 0.29) is 24.2 Å². The predicted molar refractivity (Wildman–Crippen MR) is 131 cm³/mol. The van der Waals surface area contributed by atoms with Gasteiger partial charge in [0.2, 0.25) is 0 Å². The Morgan fingerprint density at radius 2 is 2.00 bits per heavy atom. The predicted octanol–water partition coefficient (Wildman–Crippen LogP) is 3.87. The molecule has 3 aliphatic rings. The van der Waals surface area contributed by atoms with Gasteiger partial charge in [-0.1, -0.05) is 0 Å². The van der Waals surface area contributed by atoms with Gasteiger partial charge >= 0.3 is 12.2 Å². The largest absolute Gasteiger partial charge is 0.490 e. The fourth-order valence-electron chi connectivity index (χ4n) is 5.56. The van der Waals surface area contributed by atoms with Gasteiger partial charge in [-0.15, -0.1) is 0 Å². The van der Waals surface area contributed by atoms with Crippen LogP contribution in [0.3, 0.4) is 0 Å². The molecule has 0 bridgehead atoms. The fraction of sp³-hybridized carbons (Fsp3) is 0.480. The van der Waals surface area contributed by atoms with Crippen LogP contribution in [0.2, 0.25) is 0 Å². The summed E-state index contributed by atoms with van der Waals surface area (Å²) in [5, 5.41) is 14.1. The van der Waals surface area contributed by atoms with Crippen molar-refractivity contribution in [1.82, 2.24) is 30.2 Å². The van der Waals surface area contributed by atoms with Crippen LogP contribution in [0.1, 0.15) is 35.7 Å². The van der Waals surface area contributed by atoms with Crippen molar-refractivity contribution in [1.29, 1.82) is 0 Å². The fourth-order valence-corrected chi connectivity index (χ4v) is 5.56. The van der Waals surface area contributed by atoms with E-state index in [4.69, 9.17) is 14.6 Å². The number of amides is 2. The highest BCUT2D eigenvalue weighted by atomic mass is 19.4. The van der Waals surface area contributed by atoms with Gasteiger partial charge in [0.25, 0.3) is 0 Å². The van der Waals surface area contributed by atoms with Gasteiger partial charge in [0.1, 0.15) is 12.4 Å². The van der Waals surface area contributed by atoms with Gasteiger partial charge in [0, 0.05) is 61.8 Å². The molecule has 6 rings (SSSR count). The van der Waals surface area contributed by atoms with E-state index in [1.54, 1.807) is 16.8 Å². The quantitative estimate of drug-likeness (QED) is 0.532. The van der Waals surface area contributed by atoms with Crippen LogP contribution in [0.4, 0.5) is 29.5 Å². The van der Waals surface area contributed by atoms with Crippen LogP contribution in [-0.2, 0) is 23.9 Å². The van der Waals surface area contributed by atoms with Crippen LogP contribution in [-0.4, -0.2) is 70.9 Å². The number of aromatic amines is 1. The van der Waals surface area contributed by atoms with E-state index in [1.165, 1.54) is 18.5 Å². The van der Waals surface area contributed by atoms with E-state index >= 15 is 0 Å². The van der Waals surface area contributed by atoms with Crippen LogP contribution in [0.15, 0.2) is 24.5 Å². The second-order valence-corrected chi connectivity index (χ2v) is 9.61. The molecule has 2 aromatic heterocycles. The van der Waals surface area contributed by atoms with Gasteiger partial charge < -0.3 is 24.6 Å². The van der Waals surface area contributed by atoms with Gasteiger partial charge in [-0.3, -0.25) is 9.78 Å². The number of nitrogens with zero attached hydrogens (tertiary/aromatic N) is 5. The van der Waals surface area contributed by atoms with Crippen molar-refractivity contribution in [2.24, 2.45) is 0 Å². The molecule has 38 heavy (non-hydrogen) atoms. The van der Waals surface area contributed by atoms with Crippen molar-refractivity contribution in [3.05, 3.63) is 41.3 Å². The highest BCUT2D eigenvalue weighted by molar-refractivity contribution is 5.80. The number of halogens is 3. The van der Waals surface area contributed by atoms with Gasteiger partial charge in [-0.25, -0.2) is 4.79 Å². The molecule has 0 spiro atoms. The van der Waals surface area contributed by atoms with E-state index in [0.29, 0.717) is 62.1 Å². The lowest BCUT2D eigenvalue weighted by atomic mass is 9.99. The van der Waals surface area contributed by atoms with Crippen molar-refractivity contribution in [2.45, 2.75) is 38.0 Å². The first-order chi connectivity index (χ1) is 18.3. The molecule has 1 aromatic carbocycles. The average molecular weight is 532 g/mol. The zero-order valence-electron chi connectivity index (χ0n) is 20.8. The van der Waals surface area contributed by atoms with Gasteiger partial charge in [0.05, 0.1) is 36.6 Å². The van der Waals surface area contributed by atoms with Crippen LogP contribution in [0.5, 0.6) is 5.75 Å². The average Bonchev–Trinajstić information content (AvgIpc) is 3.60. The zero-order chi connectivity index (χ0) is 26.4. The zero-order valence-corrected chi connectivity index (χ0v) is 20.8. The monoisotopic (exact) mass is 531 g/mol. The number of anilines is 2. The molecule has 0 saturated carbocycles. The SMILES string of the molecule is CNC(=O)N1CCc2c(c(N3CCOc4cc(-c5cn[nH]c5)c(C(F)(F)F)cc43)nn2C2CCOCC2)C1.